The minimum atomic E-state index is -0.384. The average molecular weight is 234 g/mol. The number of hydrogen-bond donors (Lipinski definition) is 2. The molecule has 1 aliphatic rings. The normalized spacial score (nSPS) is 23.8. The van der Waals surface area contributed by atoms with E-state index in [0.29, 0.717) is 12.2 Å². The molecule has 1 atom stereocenters. The van der Waals surface area contributed by atoms with Crippen LogP contribution in [-0.4, -0.2) is 26.2 Å². The van der Waals surface area contributed by atoms with Gasteiger partial charge in [-0.15, -0.1) is 0 Å². The van der Waals surface area contributed by atoms with Crippen LogP contribution in [0.4, 0.5) is 0 Å². The van der Waals surface area contributed by atoms with Crippen molar-refractivity contribution in [1.82, 2.24) is 5.32 Å². The Kier molecular flexibility index (Phi) is 3.45. The highest BCUT2D eigenvalue weighted by Crippen LogP contribution is 2.33. The van der Waals surface area contributed by atoms with E-state index in [0.717, 1.165) is 24.9 Å². The third-order valence-electron chi connectivity index (χ3n) is 3.34. The zero-order valence-corrected chi connectivity index (χ0v) is 10.0. The monoisotopic (exact) mass is 234 g/mol. The first kappa shape index (κ1) is 12.1. The SMILES string of the molecule is COC[C@]1(c2ccccc2C(N)=O)CCCN1. The number of carbonyl (C=O) groups excluding carboxylic acids is 1. The maximum absolute atomic E-state index is 11.5. The van der Waals surface area contributed by atoms with Crippen LogP contribution in [0.1, 0.15) is 28.8 Å². The third-order valence-corrected chi connectivity index (χ3v) is 3.34. The first-order valence-electron chi connectivity index (χ1n) is 5.83. The van der Waals surface area contributed by atoms with Crippen molar-refractivity contribution < 1.29 is 9.53 Å². The maximum atomic E-state index is 11.5. The van der Waals surface area contributed by atoms with Gasteiger partial charge in [0.05, 0.1) is 12.1 Å². The van der Waals surface area contributed by atoms with Crippen molar-refractivity contribution >= 4 is 5.91 Å². The van der Waals surface area contributed by atoms with Crippen molar-refractivity contribution in [2.45, 2.75) is 18.4 Å². The average Bonchev–Trinajstić information content (AvgIpc) is 2.79. The number of hydrogen-bond acceptors (Lipinski definition) is 3. The molecule has 3 N–H and O–H groups in total. The molecule has 92 valence electrons. The molecule has 1 saturated heterocycles. The summed E-state index contributed by atoms with van der Waals surface area (Å²) in [5.74, 6) is -0.384. The highest BCUT2D eigenvalue weighted by Gasteiger charge is 2.37. The Hall–Kier alpha value is -1.39. The van der Waals surface area contributed by atoms with Crippen molar-refractivity contribution in [2.75, 3.05) is 20.3 Å². The Bertz CT molecular complexity index is 412. The van der Waals surface area contributed by atoms with Crippen molar-refractivity contribution in [3.05, 3.63) is 35.4 Å². The summed E-state index contributed by atoms with van der Waals surface area (Å²) in [4.78, 5) is 11.5. The molecule has 1 fully saturated rings. The number of rotatable bonds is 4. The van der Waals surface area contributed by atoms with Crippen LogP contribution in [0.15, 0.2) is 24.3 Å². The summed E-state index contributed by atoms with van der Waals surface area (Å²) in [6.07, 6.45) is 2.04. The summed E-state index contributed by atoms with van der Waals surface area (Å²) < 4.78 is 5.30. The van der Waals surface area contributed by atoms with E-state index >= 15 is 0 Å². The van der Waals surface area contributed by atoms with E-state index in [1.165, 1.54) is 0 Å². The van der Waals surface area contributed by atoms with E-state index in [1.807, 2.05) is 18.2 Å². The van der Waals surface area contributed by atoms with Crippen LogP contribution < -0.4 is 11.1 Å². The summed E-state index contributed by atoms with van der Waals surface area (Å²) in [7, 11) is 1.68. The molecule has 0 spiro atoms. The van der Waals surface area contributed by atoms with Gasteiger partial charge in [0.1, 0.15) is 0 Å². The summed E-state index contributed by atoms with van der Waals surface area (Å²) in [6, 6.07) is 7.49. The Morgan fingerprint density at radius 1 is 1.53 bits per heavy atom. The predicted molar refractivity (Wildman–Crippen MR) is 65.8 cm³/mol. The zero-order valence-electron chi connectivity index (χ0n) is 10.0. The molecule has 0 saturated carbocycles. The fourth-order valence-corrected chi connectivity index (χ4v) is 2.60. The molecule has 0 radical (unpaired) electrons. The summed E-state index contributed by atoms with van der Waals surface area (Å²) in [5, 5.41) is 3.45. The van der Waals surface area contributed by atoms with Gasteiger partial charge in [0.25, 0.3) is 0 Å². The quantitative estimate of drug-likeness (QED) is 0.817. The van der Waals surface area contributed by atoms with Gasteiger partial charge in [-0.1, -0.05) is 18.2 Å². The van der Waals surface area contributed by atoms with Crippen LogP contribution in [0.5, 0.6) is 0 Å². The lowest BCUT2D eigenvalue weighted by Gasteiger charge is -2.30. The lowest BCUT2D eigenvalue weighted by Crippen LogP contribution is -2.42. The van der Waals surface area contributed by atoms with Gasteiger partial charge in [-0.3, -0.25) is 4.79 Å². The number of benzene rings is 1. The number of amides is 1. The highest BCUT2D eigenvalue weighted by molar-refractivity contribution is 5.94. The molecule has 0 unspecified atom stereocenters. The van der Waals surface area contributed by atoms with E-state index in [9.17, 15) is 4.79 Å². The molecule has 4 heteroatoms. The Morgan fingerprint density at radius 3 is 2.88 bits per heavy atom. The molecule has 17 heavy (non-hydrogen) atoms. The molecule has 4 nitrogen and oxygen atoms in total. The van der Waals surface area contributed by atoms with E-state index in [4.69, 9.17) is 10.5 Å². The van der Waals surface area contributed by atoms with Gasteiger partial charge in [0.15, 0.2) is 0 Å². The number of nitrogens with two attached hydrogens (primary N) is 1. The van der Waals surface area contributed by atoms with Gasteiger partial charge in [-0.2, -0.15) is 0 Å². The molecule has 0 bridgehead atoms. The number of primary amides is 1. The molecule has 1 amide bonds. The van der Waals surface area contributed by atoms with Gasteiger partial charge in [-0.05, 0) is 31.0 Å². The first-order chi connectivity index (χ1) is 8.19. The van der Waals surface area contributed by atoms with E-state index in [-0.39, 0.29) is 11.4 Å². The minimum Gasteiger partial charge on any atom is -0.382 e. The lowest BCUT2D eigenvalue weighted by atomic mass is 9.85. The molecular weight excluding hydrogens is 216 g/mol. The van der Waals surface area contributed by atoms with Crippen LogP contribution in [0.25, 0.3) is 0 Å². The maximum Gasteiger partial charge on any atom is 0.249 e. The summed E-state index contributed by atoms with van der Waals surface area (Å²) >= 11 is 0. The van der Waals surface area contributed by atoms with Crippen molar-refractivity contribution in [3.8, 4) is 0 Å². The van der Waals surface area contributed by atoms with Gasteiger partial charge in [0.2, 0.25) is 5.91 Å². The Morgan fingerprint density at radius 2 is 2.29 bits per heavy atom. The Labute approximate surface area is 101 Å². The van der Waals surface area contributed by atoms with Gasteiger partial charge in [0, 0.05) is 12.7 Å². The largest absolute Gasteiger partial charge is 0.382 e. The van der Waals surface area contributed by atoms with Gasteiger partial charge < -0.3 is 15.8 Å². The van der Waals surface area contributed by atoms with Crippen molar-refractivity contribution in [2.24, 2.45) is 5.73 Å². The standard InChI is InChI=1S/C13H18N2O2/c1-17-9-13(7-4-8-15-13)11-6-3-2-5-10(11)12(14)16/h2-3,5-6,15H,4,7-9H2,1H3,(H2,14,16)/t13-/m0/s1. The fourth-order valence-electron chi connectivity index (χ4n) is 2.60. The van der Waals surface area contributed by atoms with Crippen LogP contribution in [0.3, 0.4) is 0 Å². The number of carbonyl (C=O) groups is 1. The molecule has 1 heterocycles. The van der Waals surface area contributed by atoms with Crippen LogP contribution in [0, 0.1) is 0 Å². The van der Waals surface area contributed by atoms with E-state index in [1.54, 1.807) is 13.2 Å². The third kappa shape index (κ3) is 2.18. The van der Waals surface area contributed by atoms with Crippen LogP contribution in [0.2, 0.25) is 0 Å². The minimum absolute atomic E-state index is 0.264. The smallest absolute Gasteiger partial charge is 0.249 e. The number of ether oxygens (including phenoxy) is 1. The highest BCUT2D eigenvalue weighted by atomic mass is 16.5. The van der Waals surface area contributed by atoms with Crippen molar-refractivity contribution in [3.63, 3.8) is 0 Å². The summed E-state index contributed by atoms with van der Waals surface area (Å²) in [5.41, 5.74) is 6.70. The summed E-state index contributed by atoms with van der Waals surface area (Å²) in [6.45, 7) is 1.49. The van der Waals surface area contributed by atoms with Crippen molar-refractivity contribution in [1.29, 1.82) is 0 Å². The predicted octanol–water partition coefficient (Wildman–Crippen LogP) is 1.01. The second-order valence-electron chi connectivity index (χ2n) is 4.46. The molecular formula is C13H18N2O2. The lowest BCUT2D eigenvalue weighted by molar-refractivity contribution is 0.0984. The molecule has 1 aromatic carbocycles. The fraction of sp³-hybridized carbons (Fsp3) is 0.462. The number of nitrogens with one attached hydrogen (secondary N) is 1. The van der Waals surface area contributed by atoms with Crippen LogP contribution in [-0.2, 0) is 10.3 Å². The Balaban J connectivity index is 2.46. The number of methoxy groups -OCH3 is 1. The second kappa shape index (κ2) is 4.85. The molecule has 1 aliphatic heterocycles. The molecule has 0 aliphatic carbocycles. The van der Waals surface area contributed by atoms with Gasteiger partial charge >= 0.3 is 0 Å². The molecule has 2 rings (SSSR count). The van der Waals surface area contributed by atoms with Gasteiger partial charge in [-0.25, -0.2) is 0 Å². The topological polar surface area (TPSA) is 64.3 Å². The molecule has 1 aromatic rings. The second-order valence-corrected chi connectivity index (χ2v) is 4.46. The van der Waals surface area contributed by atoms with E-state index < -0.39 is 0 Å². The van der Waals surface area contributed by atoms with Crippen LogP contribution >= 0.6 is 0 Å². The zero-order chi connectivity index (χ0) is 12.3. The molecule has 0 aromatic heterocycles. The van der Waals surface area contributed by atoms with E-state index in [2.05, 4.69) is 5.32 Å². The first-order valence-corrected chi connectivity index (χ1v) is 5.83.